The number of aryl methyl sites for hydroxylation is 1. The molecular weight excluding hydrogens is 409 g/mol. The number of amides is 2. The van der Waals surface area contributed by atoms with Gasteiger partial charge in [0.25, 0.3) is 5.91 Å². The van der Waals surface area contributed by atoms with Gasteiger partial charge in [-0.2, -0.15) is 18.3 Å². The molecule has 0 fully saturated rings. The number of alkyl halides is 3. The molecule has 1 aromatic carbocycles. The van der Waals surface area contributed by atoms with Crippen molar-refractivity contribution in [3.63, 3.8) is 0 Å². The first-order chi connectivity index (χ1) is 14.3. The topological polar surface area (TPSA) is 67.2 Å². The van der Waals surface area contributed by atoms with Gasteiger partial charge in [0.1, 0.15) is 12.4 Å². The number of nitrogens with zero attached hydrogens (tertiary/aromatic N) is 3. The van der Waals surface area contributed by atoms with Gasteiger partial charge in [-0.1, -0.05) is 40.2 Å². The second-order valence-electron chi connectivity index (χ2n) is 8.50. The number of aromatic nitrogens is 2. The van der Waals surface area contributed by atoms with Crippen LogP contribution in [0, 0.1) is 0 Å². The molecule has 0 aliphatic carbocycles. The molecule has 6 nitrogen and oxygen atoms in total. The summed E-state index contributed by atoms with van der Waals surface area (Å²) in [5.41, 5.74) is -0.404. The van der Waals surface area contributed by atoms with E-state index in [0.29, 0.717) is 12.2 Å². The summed E-state index contributed by atoms with van der Waals surface area (Å²) in [6.07, 6.45) is -3.16. The number of halogens is 3. The third-order valence-corrected chi connectivity index (χ3v) is 4.76. The van der Waals surface area contributed by atoms with Gasteiger partial charge in [0.15, 0.2) is 0 Å². The van der Waals surface area contributed by atoms with Crippen LogP contribution in [0.15, 0.2) is 30.3 Å². The Balaban J connectivity index is 2.19. The maximum absolute atomic E-state index is 13.0. The van der Waals surface area contributed by atoms with Gasteiger partial charge in [0.2, 0.25) is 5.91 Å². The van der Waals surface area contributed by atoms with Gasteiger partial charge in [-0.05, 0) is 24.6 Å². The zero-order chi connectivity index (χ0) is 23.4. The van der Waals surface area contributed by atoms with Crippen molar-refractivity contribution in [2.24, 2.45) is 7.05 Å². The van der Waals surface area contributed by atoms with E-state index >= 15 is 0 Å². The van der Waals surface area contributed by atoms with Gasteiger partial charge >= 0.3 is 6.18 Å². The van der Waals surface area contributed by atoms with Crippen LogP contribution in [0.25, 0.3) is 0 Å². The normalized spacial score (nSPS) is 12.0. The van der Waals surface area contributed by atoms with E-state index in [1.54, 1.807) is 17.8 Å². The van der Waals surface area contributed by atoms with Gasteiger partial charge in [-0.25, -0.2) is 0 Å². The molecule has 9 heteroatoms. The summed E-state index contributed by atoms with van der Waals surface area (Å²) in [7, 11) is 1.70. The second-order valence-corrected chi connectivity index (χ2v) is 8.50. The van der Waals surface area contributed by atoms with Crippen LogP contribution in [0.2, 0.25) is 0 Å². The number of anilines is 1. The average molecular weight is 438 g/mol. The molecule has 1 heterocycles. The summed E-state index contributed by atoms with van der Waals surface area (Å²) in [4.78, 5) is 26.8. The fourth-order valence-electron chi connectivity index (χ4n) is 2.92. The summed E-state index contributed by atoms with van der Waals surface area (Å²) in [5.74, 6) is -0.577. The molecule has 0 saturated heterocycles. The Morgan fingerprint density at radius 1 is 1.16 bits per heavy atom. The van der Waals surface area contributed by atoms with Crippen molar-refractivity contribution in [1.29, 1.82) is 0 Å². The summed E-state index contributed by atoms with van der Waals surface area (Å²) in [5, 5.41) is 7.13. The van der Waals surface area contributed by atoms with Crippen molar-refractivity contribution in [3.8, 4) is 0 Å². The zero-order valence-corrected chi connectivity index (χ0v) is 18.5. The highest BCUT2D eigenvalue weighted by atomic mass is 19.4. The lowest BCUT2D eigenvalue weighted by Gasteiger charge is -2.22. The van der Waals surface area contributed by atoms with Gasteiger partial charge in [-0.15, -0.1) is 0 Å². The number of benzene rings is 1. The molecule has 170 valence electrons. The van der Waals surface area contributed by atoms with Crippen LogP contribution in [-0.4, -0.2) is 39.6 Å². The predicted octanol–water partition coefficient (Wildman–Crippen LogP) is 4.62. The first-order valence-corrected chi connectivity index (χ1v) is 10.1. The molecular formula is C22H29F3N4O2. The molecule has 2 rings (SSSR count). The molecule has 0 radical (unpaired) electrons. The van der Waals surface area contributed by atoms with E-state index in [1.807, 2.05) is 27.7 Å². The van der Waals surface area contributed by atoms with E-state index in [9.17, 15) is 22.8 Å². The van der Waals surface area contributed by atoms with Crippen molar-refractivity contribution in [1.82, 2.24) is 14.7 Å². The molecule has 0 aliphatic heterocycles. The maximum atomic E-state index is 13.0. The summed E-state index contributed by atoms with van der Waals surface area (Å²) in [6, 6.07) is 6.01. The Morgan fingerprint density at radius 2 is 1.84 bits per heavy atom. The molecule has 0 bridgehead atoms. The second kappa shape index (κ2) is 9.53. The van der Waals surface area contributed by atoms with E-state index in [0.717, 1.165) is 24.2 Å². The fraction of sp³-hybridized carbons (Fsp3) is 0.500. The van der Waals surface area contributed by atoms with E-state index in [1.165, 1.54) is 17.0 Å². The van der Waals surface area contributed by atoms with Crippen LogP contribution in [0.1, 0.15) is 62.2 Å². The monoisotopic (exact) mass is 438 g/mol. The Labute approximate surface area is 180 Å². The molecule has 1 aromatic heterocycles. The quantitative estimate of drug-likeness (QED) is 0.686. The number of nitrogens with one attached hydrogen (secondary N) is 1. The Hall–Kier alpha value is -2.84. The third kappa shape index (κ3) is 6.57. The number of hydrogen-bond donors (Lipinski definition) is 1. The minimum absolute atomic E-state index is 0.103. The highest BCUT2D eigenvalue weighted by Gasteiger charge is 2.31. The molecule has 1 N–H and O–H groups in total. The lowest BCUT2D eigenvalue weighted by atomic mass is 9.92. The first kappa shape index (κ1) is 24.4. The van der Waals surface area contributed by atoms with E-state index < -0.39 is 23.6 Å². The number of unbranched alkanes of at least 4 members (excludes halogenated alkanes) is 1. The Kier molecular flexibility index (Phi) is 7.51. The third-order valence-electron chi connectivity index (χ3n) is 4.76. The molecule has 2 aromatic rings. The fourth-order valence-corrected chi connectivity index (χ4v) is 2.92. The Bertz CT molecular complexity index is 930. The Morgan fingerprint density at radius 3 is 2.39 bits per heavy atom. The van der Waals surface area contributed by atoms with Crippen molar-refractivity contribution >= 4 is 17.6 Å². The summed E-state index contributed by atoms with van der Waals surface area (Å²) < 4.78 is 40.6. The van der Waals surface area contributed by atoms with Crippen molar-refractivity contribution in [2.75, 3.05) is 18.4 Å². The van der Waals surface area contributed by atoms with Crippen molar-refractivity contribution in [2.45, 2.75) is 52.1 Å². The summed E-state index contributed by atoms with van der Waals surface area (Å²) in [6.45, 7) is 7.92. The van der Waals surface area contributed by atoms with Gasteiger partial charge < -0.3 is 10.2 Å². The van der Waals surface area contributed by atoms with Crippen LogP contribution in [0.3, 0.4) is 0 Å². The smallest absolute Gasteiger partial charge is 0.329 e. The SMILES string of the molecule is CCCCN(CC(=O)Nc1cc(C(C)(C)C)nn1C)C(=O)c1cccc(C(F)(F)F)c1. The van der Waals surface area contributed by atoms with Gasteiger partial charge in [0, 0.05) is 30.6 Å². The van der Waals surface area contributed by atoms with Crippen molar-refractivity contribution in [3.05, 3.63) is 47.2 Å². The number of rotatable bonds is 7. The van der Waals surface area contributed by atoms with E-state index in [4.69, 9.17) is 0 Å². The number of carbonyl (C=O) groups excluding carboxylic acids is 2. The van der Waals surface area contributed by atoms with Crippen LogP contribution in [-0.2, 0) is 23.4 Å². The molecule has 0 saturated carbocycles. The maximum Gasteiger partial charge on any atom is 0.416 e. The standard InChI is InChI=1S/C22H29F3N4O2/c1-6-7-11-29(20(31)15-9-8-10-16(12-15)22(23,24)25)14-19(30)26-18-13-17(21(2,3)4)27-28(18)5/h8-10,12-13H,6-7,11,14H2,1-5H3,(H,26,30). The van der Waals surface area contributed by atoms with Crippen LogP contribution in [0.4, 0.5) is 19.0 Å². The molecule has 0 spiro atoms. The highest BCUT2D eigenvalue weighted by molar-refractivity contribution is 5.99. The van der Waals surface area contributed by atoms with Crippen LogP contribution < -0.4 is 5.32 Å². The van der Waals surface area contributed by atoms with Crippen LogP contribution in [0.5, 0.6) is 0 Å². The summed E-state index contributed by atoms with van der Waals surface area (Å²) >= 11 is 0. The van der Waals surface area contributed by atoms with E-state index in [2.05, 4.69) is 10.4 Å². The van der Waals surface area contributed by atoms with Crippen molar-refractivity contribution < 1.29 is 22.8 Å². The average Bonchev–Trinajstić information content (AvgIpc) is 3.04. The zero-order valence-electron chi connectivity index (χ0n) is 18.5. The molecule has 31 heavy (non-hydrogen) atoms. The minimum Gasteiger partial charge on any atom is -0.329 e. The lowest BCUT2D eigenvalue weighted by molar-refractivity contribution is -0.137. The molecule has 0 unspecified atom stereocenters. The number of hydrogen-bond acceptors (Lipinski definition) is 3. The van der Waals surface area contributed by atoms with Gasteiger partial charge in [0.05, 0.1) is 11.3 Å². The van der Waals surface area contributed by atoms with E-state index in [-0.39, 0.29) is 24.1 Å². The highest BCUT2D eigenvalue weighted by Crippen LogP contribution is 2.30. The predicted molar refractivity (Wildman–Crippen MR) is 113 cm³/mol. The minimum atomic E-state index is -4.55. The molecule has 0 aliphatic rings. The first-order valence-electron chi connectivity index (χ1n) is 10.1. The molecule has 2 amide bonds. The lowest BCUT2D eigenvalue weighted by Crippen LogP contribution is -2.39. The largest absolute Gasteiger partial charge is 0.416 e. The van der Waals surface area contributed by atoms with Gasteiger partial charge in [-0.3, -0.25) is 14.3 Å². The molecule has 0 atom stereocenters. The number of carbonyl (C=O) groups is 2. The van der Waals surface area contributed by atoms with Crippen LogP contribution >= 0.6 is 0 Å².